The summed E-state index contributed by atoms with van der Waals surface area (Å²) in [6.07, 6.45) is 2.78. The van der Waals surface area contributed by atoms with Gasteiger partial charge in [-0.25, -0.2) is 8.42 Å². The summed E-state index contributed by atoms with van der Waals surface area (Å²) in [5.74, 6) is -0.107. The first-order valence-electron chi connectivity index (χ1n) is 10.8. The number of sulfonamides is 1. The molecule has 1 aliphatic carbocycles. The number of benzene rings is 1. The van der Waals surface area contributed by atoms with Crippen molar-refractivity contribution in [1.82, 2.24) is 14.2 Å². The predicted molar refractivity (Wildman–Crippen MR) is 124 cm³/mol. The van der Waals surface area contributed by atoms with Crippen molar-refractivity contribution < 1.29 is 18.0 Å². The lowest BCUT2D eigenvalue weighted by Gasteiger charge is -2.33. The lowest BCUT2D eigenvalue weighted by Crippen LogP contribution is -2.50. The van der Waals surface area contributed by atoms with Gasteiger partial charge in [-0.1, -0.05) is 44.2 Å². The molecule has 1 aromatic carbocycles. The molecule has 170 valence electrons. The number of carbonyl (C=O) groups excluding carboxylic acids is 2. The van der Waals surface area contributed by atoms with Gasteiger partial charge >= 0.3 is 0 Å². The van der Waals surface area contributed by atoms with E-state index in [9.17, 15) is 18.0 Å². The van der Waals surface area contributed by atoms with Crippen molar-refractivity contribution >= 4 is 27.8 Å². The predicted octanol–water partition coefficient (Wildman–Crippen LogP) is 3.24. The highest BCUT2D eigenvalue weighted by Gasteiger charge is 2.36. The minimum absolute atomic E-state index is 0.0742. The zero-order valence-electron chi connectivity index (χ0n) is 18.7. The van der Waals surface area contributed by atoms with Gasteiger partial charge in [0.1, 0.15) is 5.69 Å². The number of nitrogens with zero attached hydrogens (tertiary/aromatic N) is 2. The standard InChI is InChI=1S/C24H29N3O4S/c1-17-21-19(15-24(2,3)16-20(21)28)25-22(17)23(29)26-10-12-27(13-11-26)32(30,31)14-9-18-7-5-4-6-8-18/h4-9,14,25H,10-13,15-16H2,1-3H3. The Balaban J connectivity index is 1.44. The summed E-state index contributed by atoms with van der Waals surface area (Å²) >= 11 is 0. The average molecular weight is 456 g/mol. The largest absolute Gasteiger partial charge is 0.354 e. The summed E-state index contributed by atoms with van der Waals surface area (Å²) in [4.78, 5) is 30.7. The second kappa shape index (κ2) is 8.33. The van der Waals surface area contributed by atoms with Crippen molar-refractivity contribution in [3.8, 4) is 0 Å². The van der Waals surface area contributed by atoms with Crippen molar-refractivity contribution in [3.05, 3.63) is 63.8 Å². The number of carbonyl (C=O) groups is 2. The number of amides is 1. The fourth-order valence-electron chi connectivity index (χ4n) is 4.56. The monoisotopic (exact) mass is 455 g/mol. The maximum atomic E-state index is 13.2. The summed E-state index contributed by atoms with van der Waals surface area (Å²) in [5.41, 5.74) is 3.32. The Kier molecular flexibility index (Phi) is 5.85. The van der Waals surface area contributed by atoms with Gasteiger partial charge in [-0.15, -0.1) is 0 Å². The van der Waals surface area contributed by atoms with Gasteiger partial charge in [0, 0.05) is 49.3 Å². The lowest BCUT2D eigenvalue weighted by molar-refractivity contribution is 0.0692. The van der Waals surface area contributed by atoms with Crippen molar-refractivity contribution in [2.24, 2.45) is 5.41 Å². The molecule has 2 heterocycles. The van der Waals surface area contributed by atoms with E-state index in [1.165, 1.54) is 9.71 Å². The highest BCUT2D eigenvalue weighted by Crippen LogP contribution is 2.37. The molecule has 2 aromatic rings. The lowest BCUT2D eigenvalue weighted by atomic mass is 9.75. The van der Waals surface area contributed by atoms with E-state index in [0.717, 1.165) is 17.7 Å². The smallest absolute Gasteiger partial charge is 0.270 e. The number of fused-ring (bicyclic) bond motifs is 1. The van der Waals surface area contributed by atoms with E-state index in [4.69, 9.17) is 0 Å². The number of ketones is 1. The van der Waals surface area contributed by atoms with Gasteiger partial charge in [-0.3, -0.25) is 9.59 Å². The molecule has 1 aliphatic heterocycles. The Morgan fingerprint density at radius 2 is 1.72 bits per heavy atom. The van der Waals surface area contributed by atoms with Gasteiger partial charge in [0.15, 0.2) is 5.78 Å². The highest BCUT2D eigenvalue weighted by atomic mass is 32.2. The summed E-state index contributed by atoms with van der Waals surface area (Å²) in [6, 6.07) is 9.26. The highest BCUT2D eigenvalue weighted by molar-refractivity contribution is 7.92. The van der Waals surface area contributed by atoms with Crippen LogP contribution in [0.4, 0.5) is 0 Å². The van der Waals surface area contributed by atoms with Gasteiger partial charge in [0.05, 0.1) is 0 Å². The van der Waals surface area contributed by atoms with Crippen LogP contribution in [0.1, 0.15) is 57.9 Å². The molecular formula is C24H29N3O4S. The van der Waals surface area contributed by atoms with Crippen molar-refractivity contribution in [2.45, 2.75) is 33.6 Å². The molecule has 32 heavy (non-hydrogen) atoms. The number of rotatable bonds is 4. The van der Waals surface area contributed by atoms with Crippen molar-refractivity contribution in [1.29, 1.82) is 0 Å². The van der Waals surface area contributed by atoms with Gasteiger partial charge in [0.2, 0.25) is 10.0 Å². The molecule has 0 atom stereocenters. The number of aromatic nitrogens is 1. The Morgan fingerprint density at radius 3 is 2.38 bits per heavy atom. The minimum atomic E-state index is -3.56. The maximum Gasteiger partial charge on any atom is 0.270 e. The molecule has 0 radical (unpaired) electrons. The van der Waals surface area contributed by atoms with Crippen LogP contribution < -0.4 is 0 Å². The molecule has 1 aromatic heterocycles. The Morgan fingerprint density at radius 1 is 1.06 bits per heavy atom. The molecule has 1 saturated heterocycles. The second-order valence-electron chi connectivity index (χ2n) is 9.37. The van der Waals surface area contributed by atoms with Gasteiger partial charge in [-0.05, 0) is 36.0 Å². The zero-order chi connectivity index (χ0) is 23.1. The molecule has 0 spiro atoms. The molecule has 4 rings (SSSR count). The third-order valence-corrected chi connectivity index (χ3v) is 7.80. The Bertz CT molecular complexity index is 1170. The van der Waals surface area contributed by atoms with E-state index in [1.54, 1.807) is 11.0 Å². The molecule has 7 nitrogen and oxygen atoms in total. The fraction of sp³-hybridized carbons (Fsp3) is 0.417. The van der Waals surface area contributed by atoms with Crippen LogP contribution in [0, 0.1) is 12.3 Å². The number of hydrogen-bond donors (Lipinski definition) is 1. The van der Waals surface area contributed by atoms with E-state index in [1.807, 2.05) is 37.3 Å². The first-order valence-corrected chi connectivity index (χ1v) is 12.3. The van der Waals surface area contributed by atoms with Gasteiger partial charge in [-0.2, -0.15) is 4.31 Å². The molecule has 1 fully saturated rings. The molecule has 0 bridgehead atoms. The van der Waals surface area contributed by atoms with E-state index in [0.29, 0.717) is 36.3 Å². The summed E-state index contributed by atoms with van der Waals surface area (Å²) in [6.45, 7) is 7.00. The van der Waals surface area contributed by atoms with E-state index >= 15 is 0 Å². The molecule has 0 unspecified atom stereocenters. The van der Waals surface area contributed by atoms with Crippen LogP contribution in [0.3, 0.4) is 0 Å². The number of H-pyrrole nitrogens is 1. The normalized spacial score (nSPS) is 19.3. The molecule has 1 amide bonds. The third-order valence-electron chi connectivity index (χ3n) is 6.23. The molecule has 0 saturated carbocycles. The molecule has 8 heteroatoms. The quantitative estimate of drug-likeness (QED) is 0.766. The van der Waals surface area contributed by atoms with Crippen LogP contribution >= 0.6 is 0 Å². The first-order chi connectivity index (χ1) is 15.1. The first kappa shape index (κ1) is 22.5. The maximum absolute atomic E-state index is 13.2. The zero-order valence-corrected chi connectivity index (χ0v) is 19.5. The van der Waals surface area contributed by atoms with E-state index in [-0.39, 0.29) is 30.2 Å². The van der Waals surface area contributed by atoms with E-state index in [2.05, 4.69) is 18.8 Å². The fourth-order valence-corrected chi connectivity index (χ4v) is 5.74. The van der Waals surface area contributed by atoms with Crippen LogP contribution in [-0.2, 0) is 16.4 Å². The number of aromatic amines is 1. The van der Waals surface area contributed by atoms with Gasteiger partial charge < -0.3 is 9.88 Å². The molecule has 1 N–H and O–H groups in total. The number of Topliss-reactive ketones (excluding diaryl/α,β-unsaturated/α-hetero) is 1. The SMILES string of the molecule is Cc1c(C(=O)N2CCN(S(=O)(=O)C=Cc3ccccc3)CC2)[nH]c2c1C(=O)CC(C)(C)C2. The summed E-state index contributed by atoms with van der Waals surface area (Å²) in [7, 11) is -3.56. The van der Waals surface area contributed by atoms with Crippen LogP contribution in [0.25, 0.3) is 6.08 Å². The average Bonchev–Trinajstić information content (AvgIpc) is 3.07. The number of nitrogens with one attached hydrogen (secondary N) is 1. The number of hydrogen-bond acceptors (Lipinski definition) is 4. The second-order valence-corrected chi connectivity index (χ2v) is 11.2. The van der Waals surface area contributed by atoms with Crippen LogP contribution in [-0.4, -0.2) is 60.5 Å². The van der Waals surface area contributed by atoms with Crippen LogP contribution in [0.2, 0.25) is 0 Å². The van der Waals surface area contributed by atoms with E-state index < -0.39 is 10.0 Å². The topological polar surface area (TPSA) is 90.6 Å². The number of piperazine rings is 1. The van der Waals surface area contributed by atoms with Crippen molar-refractivity contribution in [2.75, 3.05) is 26.2 Å². The Labute approximate surface area is 189 Å². The van der Waals surface area contributed by atoms with Crippen LogP contribution in [0.15, 0.2) is 35.7 Å². The third kappa shape index (κ3) is 4.42. The summed E-state index contributed by atoms with van der Waals surface area (Å²) < 4.78 is 26.8. The summed E-state index contributed by atoms with van der Waals surface area (Å²) in [5, 5.41) is 1.22. The Hall–Kier alpha value is -2.71. The van der Waals surface area contributed by atoms with Crippen molar-refractivity contribution in [3.63, 3.8) is 0 Å². The van der Waals surface area contributed by atoms with Crippen LogP contribution in [0.5, 0.6) is 0 Å². The minimum Gasteiger partial charge on any atom is -0.354 e. The molecule has 2 aliphatic rings. The molecular weight excluding hydrogens is 426 g/mol. The van der Waals surface area contributed by atoms with Gasteiger partial charge in [0.25, 0.3) is 5.91 Å².